The molecule has 0 heterocycles. The van der Waals surface area contributed by atoms with Gasteiger partial charge in [-0.2, -0.15) is 13.2 Å². The lowest BCUT2D eigenvalue weighted by Crippen LogP contribution is -2.22. The molecule has 0 aromatic heterocycles. The molecule has 0 bridgehead atoms. The summed E-state index contributed by atoms with van der Waals surface area (Å²) in [6.45, 7) is 2.45. The molecule has 18 heavy (non-hydrogen) atoms. The molecule has 0 amide bonds. The van der Waals surface area contributed by atoms with Crippen molar-refractivity contribution in [3.8, 4) is 0 Å². The summed E-state index contributed by atoms with van der Waals surface area (Å²) in [4.78, 5) is 0. The molecule has 1 unspecified atom stereocenters. The standard InChI is InChI=1S/C12H18F3N3/c1-2-8(5-6-16)18-9-3-4-11(17)10(7-9)12(13,14)15/h3-4,7-8,18H,2,5-6,16-17H2,1H3. The number of hydrogen-bond donors (Lipinski definition) is 3. The fraction of sp³-hybridized carbons (Fsp3) is 0.500. The Morgan fingerprint density at radius 2 is 2.00 bits per heavy atom. The molecule has 5 N–H and O–H groups in total. The van der Waals surface area contributed by atoms with Gasteiger partial charge in [0.15, 0.2) is 0 Å². The molecule has 0 radical (unpaired) electrons. The third-order valence-corrected chi connectivity index (χ3v) is 2.74. The van der Waals surface area contributed by atoms with Crippen LogP contribution in [0.15, 0.2) is 18.2 Å². The molecule has 0 aliphatic carbocycles. The Morgan fingerprint density at radius 3 is 2.50 bits per heavy atom. The maximum Gasteiger partial charge on any atom is 0.418 e. The maximum atomic E-state index is 12.7. The van der Waals surface area contributed by atoms with Crippen molar-refractivity contribution in [2.75, 3.05) is 17.6 Å². The summed E-state index contributed by atoms with van der Waals surface area (Å²) >= 11 is 0. The third kappa shape index (κ3) is 3.80. The number of halogens is 3. The van der Waals surface area contributed by atoms with Crippen molar-refractivity contribution < 1.29 is 13.2 Å². The highest BCUT2D eigenvalue weighted by Crippen LogP contribution is 2.35. The van der Waals surface area contributed by atoms with E-state index in [2.05, 4.69) is 5.32 Å². The lowest BCUT2D eigenvalue weighted by atomic mass is 10.1. The minimum atomic E-state index is -4.43. The second-order valence-corrected chi connectivity index (χ2v) is 4.13. The van der Waals surface area contributed by atoms with E-state index in [1.807, 2.05) is 6.92 Å². The van der Waals surface area contributed by atoms with E-state index in [-0.39, 0.29) is 11.7 Å². The van der Waals surface area contributed by atoms with Gasteiger partial charge in [-0.15, -0.1) is 0 Å². The van der Waals surface area contributed by atoms with Crippen LogP contribution in [0.3, 0.4) is 0 Å². The van der Waals surface area contributed by atoms with Crippen molar-refractivity contribution in [2.24, 2.45) is 5.73 Å². The van der Waals surface area contributed by atoms with Crippen LogP contribution in [-0.2, 0) is 6.18 Å². The van der Waals surface area contributed by atoms with Crippen molar-refractivity contribution >= 4 is 11.4 Å². The first kappa shape index (κ1) is 14.6. The average molecular weight is 261 g/mol. The predicted octanol–water partition coefficient (Wildman–Crippen LogP) is 2.83. The molecule has 1 aromatic rings. The van der Waals surface area contributed by atoms with Gasteiger partial charge in [0, 0.05) is 17.4 Å². The number of benzene rings is 1. The Balaban J connectivity index is 2.91. The molecular weight excluding hydrogens is 243 g/mol. The Bertz CT molecular complexity index is 391. The molecule has 3 nitrogen and oxygen atoms in total. The summed E-state index contributed by atoms with van der Waals surface area (Å²) < 4.78 is 38.0. The van der Waals surface area contributed by atoms with Crippen molar-refractivity contribution in [1.82, 2.24) is 0 Å². The molecule has 0 saturated carbocycles. The van der Waals surface area contributed by atoms with Gasteiger partial charge in [-0.1, -0.05) is 6.92 Å². The molecule has 1 rings (SSSR count). The summed E-state index contributed by atoms with van der Waals surface area (Å²) in [6, 6.07) is 3.91. The van der Waals surface area contributed by atoms with E-state index in [0.717, 1.165) is 12.5 Å². The van der Waals surface area contributed by atoms with Gasteiger partial charge in [-0.05, 0) is 37.6 Å². The topological polar surface area (TPSA) is 64.1 Å². The molecule has 0 aliphatic heterocycles. The quantitative estimate of drug-likeness (QED) is 0.714. The van der Waals surface area contributed by atoms with Gasteiger partial charge in [0.2, 0.25) is 0 Å². The number of hydrogen-bond acceptors (Lipinski definition) is 3. The lowest BCUT2D eigenvalue weighted by molar-refractivity contribution is -0.136. The van der Waals surface area contributed by atoms with Gasteiger partial charge >= 0.3 is 6.18 Å². The second-order valence-electron chi connectivity index (χ2n) is 4.13. The molecular formula is C12H18F3N3. The van der Waals surface area contributed by atoms with Crippen LogP contribution in [0.25, 0.3) is 0 Å². The smallest absolute Gasteiger partial charge is 0.398 e. The number of alkyl halides is 3. The van der Waals surface area contributed by atoms with Crippen LogP contribution < -0.4 is 16.8 Å². The number of anilines is 2. The van der Waals surface area contributed by atoms with Crippen LogP contribution in [0.4, 0.5) is 24.5 Å². The number of nitrogens with two attached hydrogens (primary N) is 2. The van der Waals surface area contributed by atoms with Crippen LogP contribution in [0.5, 0.6) is 0 Å². The Morgan fingerprint density at radius 1 is 1.33 bits per heavy atom. The van der Waals surface area contributed by atoms with Crippen LogP contribution in [-0.4, -0.2) is 12.6 Å². The first-order valence-electron chi connectivity index (χ1n) is 5.81. The van der Waals surface area contributed by atoms with Gasteiger partial charge < -0.3 is 16.8 Å². The molecule has 0 aliphatic rings. The van der Waals surface area contributed by atoms with Gasteiger partial charge in [0.1, 0.15) is 0 Å². The largest absolute Gasteiger partial charge is 0.418 e. The Kier molecular flexibility index (Phi) is 4.84. The highest BCUT2D eigenvalue weighted by atomic mass is 19.4. The molecule has 102 valence electrons. The Hall–Kier alpha value is -1.43. The monoisotopic (exact) mass is 261 g/mol. The van der Waals surface area contributed by atoms with Gasteiger partial charge in [-0.25, -0.2) is 0 Å². The van der Waals surface area contributed by atoms with E-state index in [1.165, 1.54) is 6.07 Å². The minimum absolute atomic E-state index is 0.0692. The van der Waals surface area contributed by atoms with Gasteiger partial charge in [-0.3, -0.25) is 0 Å². The highest BCUT2D eigenvalue weighted by molar-refractivity contribution is 5.58. The van der Waals surface area contributed by atoms with Crippen molar-refractivity contribution in [3.05, 3.63) is 23.8 Å². The van der Waals surface area contributed by atoms with Gasteiger partial charge in [0.05, 0.1) is 5.56 Å². The van der Waals surface area contributed by atoms with E-state index < -0.39 is 11.7 Å². The van der Waals surface area contributed by atoms with E-state index in [4.69, 9.17) is 11.5 Å². The number of rotatable bonds is 5. The minimum Gasteiger partial charge on any atom is -0.398 e. The third-order valence-electron chi connectivity index (χ3n) is 2.74. The van der Waals surface area contributed by atoms with Crippen LogP contribution in [0.1, 0.15) is 25.3 Å². The SMILES string of the molecule is CCC(CCN)Nc1ccc(N)c(C(F)(F)F)c1. The zero-order chi connectivity index (χ0) is 13.8. The molecule has 0 saturated heterocycles. The van der Waals surface area contributed by atoms with E-state index in [1.54, 1.807) is 6.07 Å². The summed E-state index contributed by atoms with van der Waals surface area (Å²) in [6.07, 6.45) is -2.93. The second kappa shape index (κ2) is 5.95. The summed E-state index contributed by atoms with van der Waals surface area (Å²) in [5.41, 5.74) is 10.1. The first-order chi connectivity index (χ1) is 8.38. The van der Waals surface area contributed by atoms with E-state index in [9.17, 15) is 13.2 Å². The van der Waals surface area contributed by atoms with Gasteiger partial charge in [0.25, 0.3) is 0 Å². The van der Waals surface area contributed by atoms with Crippen molar-refractivity contribution in [1.29, 1.82) is 0 Å². The first-order valence-corrected chi connectivity index (χ1v) is 5.81. The maximum absolute atomic E-state index is 12.7. The fourth-order valence-electron chi connectivity index (χ4n) is 1.71. The van der Waals surface area contributed by atoms with Crippen LogP contribution in [0, 0.1) is 0 Å². The van der Waals surface area contributed by atoms with E-state index in [0.29, 0.717) is 18.7 Å². The number of nitrogens with one attached hydrogen (secondary N) is 1. The van der Waals surface area contributed by atoms with Crippen molar-refractivity contribution in [2.45, 2.75) is 32.0 Å². The zero-order valence-corrected chi connectivity index (χ0v) is 10.2. The zero-order valence-electron chi connectivity index (χ0n) is 10.2. The Labute approximate surface area is 104 Å². The van der Waals surface area contributed by atoms with E-state index >= 15 is 0 Å². The molecule has 0 spiro atoms. The lowest BCUT2D eigenvalue weighted by Gasteiger charge is -2.19. The molecule has 1 atom stereocenters. The normalized spacial score (nSPS) is 13.4. The fourth-order valence-corrected chi connectivity index (χ4v) is 1.71. The predicted molar refractivity (Wildman–Crippen MR) is 67.2 cm³/mol. The van der Waals surface area contributed by atoms with Crippen LogP contribution in [0.2, 0.25) is 0 Å². The number of nitrogen functional groups attached to an aromatic ring is 1. The summed E-state index contributed by atoms with van der Waals surface area (Å²) in [5.74, 6) is 0. The summed E-state index contributed by atoms with van der Waals surface area (Å²) in [7, 11) is 0. The highest BCUT2D eigenvalue weighted by Gasteiger charge is 2.33. The molecule has 6 heteroatoms. The molecule has 1 aromatic carbocycles. The average Bonchev–Trinajstić information content (AvgIpc) is 2.29. The van der Waals surface area contributed by atoms with Crippen molar-refractivity contribution in [3.63, 3.8) is 0 Å². The molecule has 0 fully saturated rings. The summed E-state index contributed by atoms with van der Waals surface area (Å²) in [5, 5.41) is 3.03. The van der Waals surface area contributed by atoms with Crippen LogP contribution >= 0.6 is 0 Å².